The Kier molecular flexibility index (Phi) is 5.52. The van der Waals surface area contributed by atoms with E-state index in [0.29, 0.717) is 32.3 Å². The molecular formula is C14H19N3O3. The lowest BCUT2D eigenvalue weighted by Gasteiger charge is -2.09. The van der Waals surface area contributed by atoms with Gasteiger partial charge in [-0.1, -0.05) is 12.1 Å². The van der Waals surface area contributed by atoms with Crippen molar-refractivity contribution in [2.24, 2.45) is 0 Å². The van der Waals surface area contributed by atoms with E-state index >= 15 is 0 Å². The second kappa shape index (κ2) is 7.62. The van der Waals surface area contributed by atoms with Crippen molar-refractivity contribution in [1.29, 1.82) is 0 Å². The molecule has 0 aliphatic heterocycles. The van der Waals surface area contributed by atoms with Gasteiger partial charge in [-0.3, -0.25) is 0 Å². The number of hydrogen-bond donors (Lipinski definition) is 1. The highest BCUT2D eigenvalue weighted by Crippen LogP contribution is 2.22. The van der Waals surface area contributed by atoms with Gasteiger partial charge in [-0.2, -0.15) is 4.98 Å². The summed E-state index contributed by atoms with van der Waals surface area (Å²) < 4.78 is 16.0. The van der Waals surface area contributed by atoms with Crippen LogP contribution in [0.3, 0.4) is 0 Å². The van der Waals surface area contributed by atoms with Crippen LogP contribution in [0.4, 0.5) is 5.95 Å². The van der Waals surface area contributed by atoms with Crippen molar-refractivity contribution in [2.45, 2.75) is 6.42 Å². The topological polar surface area (TPSA) is 79.5 Å². The number of anilines is 1. The summed E-state index contributed by atoms with van der Waals surface area (Å²) in [5.74, 6) is 0.702. The minimum Gasteiger partial charge on any atom is -0.475 e. The van der Waals surface area contributed by atoms with E-state index in [9.17, 15) is 0 Å². The van der Waals surface area contributed by atoms with Crippen molar-refractivity contribution < 1.29 is 14.2 Å². The van der Waals surface area contributed by atoms with Crippen LogP contribution < -0.4 is 10.5 Å². The van der Waals surface area contributed by atoms with Gasteiger partial charge in [-0.25, -0.2) is 4.98 Å². The molecule has 6 nitrogen and oxygen atoms in total. The minimum atomic E-state index is 0.208. The third-order valence-electron chi connectivity index (χ3n) is 2.69. The third-order valence-corrected chi connectivity index (χ3v) is 2.69. The average molecular weight is 277 g/mol. The van der Waals surface area contributed by atoms with Gasteiger partial charge in [0.1, 0.15) is 6.61 Å². The van der Waals surface area contributed by atoms with Crippen LogP contribution in [0.2, 0.25) is 0 Å². The molecule has 1 aromatic heterocycles. The van der Waals surface area contributed by atoms with Crippen LogP contribution in [0.15, 0.2) is 24.3 Å². The number of rotatable bonds is 8. The highest BCUT2D eigenvalue weighted by Gasteiger charge is 2.06. The summed E-state index contributed by atoms with van der Waals surface area (Å²) in [5, 5.41) is 0.848. The van der Waals surface area contributed by atoms with Gasteiger partial charge in [0.05, 0.1) is 17.5 Å². The van der Waals surface area contributed by atoms with Gasteiger partial charge in [0.25, 0.3) is 0 Å². The molecule has 0 aliphatic carbocycles. The monoisotopic (exact) mass is 277 g/mol. The van der Waals surface area contributed by atoms with Gasteiger partial charge in [0.15, 0.2) is 0 Å². The Morgan fingerprint density at radius 2 is 1.90 bits per heavy atom. The number of methoxy groups -OCH3 is 1. The molecule has 0 saturated carbocycles. The first-order valence-electron chi connectivity index (χ1n) is 6.53. The van der Waals surface area contributed by atoms with Gasteiger partial charge >= 0.3 is 0 Å². The molecule has 0 amide bonds. The summed E-state index contributed by atoms with van der Waals surface area (Å²) in [4.78, 5) is 8.27. The van der Waals surface area contributed by atoms with Crippen LogP contribution in [0.5, 0.6) is 5.88 Å². The zero-order valence-corrected chi connectivity index (χ0v) is 11.5. The lowest BCUT2D eigenvalue weighted by molar-refractivity contribution is 0.0800. The van der Waals surface area contributed by atoms with Crippen molar-refractivity contribution in [2.75, 3.05) is 39.3 Å². The minimum absolute atomic E-state index is 0.208. The number of hydrogen-bond acceptors (Lipinski definition) is 6. The molecule has 108 valence electrons. The summed E-state index contributed by atoms with van der Waals surface area (Å²) >= 11 is 0. The maximum atomic E-state index is 5.66. The highest BCUT2D eigenvalue weighted by molar-refractivity contribution is 5.84. The maximum Gasteiger partial charge on any atom is 0.226 e. The van der Waals surface area contributed by atoms with E-state index in [0.717, 1.165) is 17.3 Å². The first kappa shape index (κ1) is 14.5. The Balaban J connectivity index is 1.86. The maximum absolute atomic E-state index is 5.66. The van der Waals surface area contributed by atoms with E-state index in [1.54, 1.807) is 7.11 Å². The van der Waals surface area contributed by atoms with Gasteiger partial charge in [-0.05, 0) is 18.6 Å². The smallest absolute Gasteiger partial charge is 0.226 e. The summed E-state index contributed by atoms with van der Waals surface area (Å²) in [6, 6.07) is 7.60. The SMILES string of the molecule is COCCCOCCOc1nc(N)nc2ccccc12. The number of aromatic nitrogens is 2. The number of fused-ring (bicyclic) bond motifs is 1. The molecule has 2 N–H and O–H groups in total. The van der Waals surface area contributed by atoms with Crippen LogP contribution in [0, 0.1) is 0 Å². The van der Waals surface area contributed by atoms with Crippen molar-refractivity contribution in [3.8, 4) is 5.88 Å². The fourth-order valence-electron chi connectivity index (χ4n) is 1.78. The number of benzene rings is 1. The average Bonchev–Trinajstić information content (AvgIpc) is 2.46. The molecule has 6 heteroatoms. The fourth-order valence-corrected chi connectivity index (χ4v) is 1.78. The molecule has 0 radical (unpaired) electrons. The zero-order valence-electron chi connectivity index (χ0n) is 11.5. The molecule has 0 spiro atoms. The first-order chi connectivity index (χ1) is 9.81. The molecular weight excluding hydrogens is 258 g/mol. The van der Waals surface area contributed by atoms with Crippen LogP contribution in [0.1, 0.15) is 6.42 Å². The van der Waals surface area contributed by atoms with Gasteiger partial charge in [-0.15, -0.1) is 0 Å². The molecule has 20 heavy (non-hydrogen) atoms. The van der Waals surface area contributed by atoms with E-state index in [2.05, 4.69) is 9.97 Å². The Morgan fingerprint density at radius 3 is 2.75 bits per heavy atom. The molecule has 0 aliphatic rings. The summed E-state index contributed by atoms with van der Waals surface area (Å²) in [6.07, 6.45) is 0.875. The largest absolute Gasteiger partial charge is 0.475 e. The molecule has 1 aromatic carbocycles. The molecule has 0 atom stereocenters. The van der Waals surface area contributed by atoms with Crippen LogP contribution >= 0.6 is 0 Å². The Bertz CT molecular complexity index is 548. The van der Waals surface area contributed by atoms with Crippen LogP contribution in [0.25, 0.3) is 10.9 Å². The Morgan fingerprint density at radius 1 is 1.05 bits per heavy atom. The Labute approximate surface area is 117 Å². The van der Waals surface area contributed by atoms with E-state index in [1.165, 1.54) is 0 Å². The number of nitrogens with two attached hydrogens (primary N) is 1. The molecule has 0 bridgehead atoms. The van der Waals surface area contributed by atoms with Gasteiger partial charge in [0.2, 0.25) is 11.8 Å². The normalized spacial score (nSPS) is 10.8. The molecule has 0 fully saturated rings. The summed E-state index contributed by atoms with van der Waals surface area (Å²) in [5.41, 5.74) is 6.44. The highest BCUT2D eigenvalue weighted by atomic mass is 16.5. The lowest BCUT2D eigenvalue weighted by Crippen LogP contribution is -2.10. The third kappa shape index (κ3) is 4.04. The second-order valence-corrected chi connectivity index (χ2v) is 4.21. The first-order valence-corrected chi connectivity index (χ1v) is 6.53. The number of nitrogen functional groups attached to an aromatic ring is 1. The molecule has 0 saturated heterocycles. The molecule has 2 rings (SSSR count). The van der Waals surface area contributed by atoms with Crippen LogP contribution in [-0.2, 0) is 9.47 Å². The van der Waals surface area contributed by atoms with Crippen molar-refractivity contribution in [3.05, 3.63) is 24.3 Å². The quantitative estimate of drug-likeness (QED) is 0.739. The fraction of sp³-hybridized carbons (Fsp3) is 0.429. The standard InChI is InChI=1S/C14H19N3O3/c1-18-7-4-8-19-9-10-20-13-11-5-2-3-6-12(11)16-14(15)17-13/h2-3,5-6H,4,7-10H2,1H3,(H2,15,16,17). The van der Waals surface area contributed by atoms with E-state index in [4.69, 9.17) is 19.9 Å². The van der Waals surface area contributed by atoms with Gasteiger partial charge < -0.3 is 19.9 Å². The molecule has 1 heterocycles. The van der Waals surface area contributed by atoms with E-state index in [1.807, 2.05) is 24.3 Å². The van der Waals surface area contributed by atoms with Crippen molar-refractivity contribution >= 4 is 16.9 Å². The van der Waals surface area contributed by atoms with Crippen LogP contribution in [-0.4, -0.2) is 43.5 Å². The van der Waals surface area contributed by atoms with E-state index in [-0.39, 0.29) is 5.95 Å². The predicted octanol–water partition coefficient (Wildman–Crippen LogP) is 1.64. The molecule has 0 unspecified atom stereocenters. The Hall–Kier alpha value is -1.92. The number of ether oxygens (including phenoxy) is 3. The van der Waals surface area contributed by atoms with E-state index < -0.39 is 0 Å². The predicted molar refractivity (Wildman–Crippen MR) is 76.8 cm³/mol. The summed E-state index contributed by atoms with van der Waals surface area (Å²) in [7, 11) is 1.67. The lowest BCUT2D eigenvalue weighted by atomic mass is 10.2. The summed E-state index contributed by atoms with van der Waals surface area (Å²) in [6.45, 7) is 2.28. The van der Waals surface area contributed by atoms with Crippen molar-refractivity contribution in [3.63, 3.8) is 0 Å². The number of para-hydroxylation sites is 1. The number of nitrogens with zero attached hydrogens (tertiary/aromatic N) is 2. The van der Waals surface area contributed by atoms with Crippen molar-refractivity contribution in [1.82, 2.24) is 9.97 Å². The second-order valence-electron chi connectivity index (χ2n) is 4.21. The zero-order chi connectivity index (χ0) is 14.2. The van der Waals surface area contributed by atoms with Gasteiger partial charge in [0, 0.05) is 20.3 Å². The molecule has 2 aromatic rings.